The number of nitrogens with zero attached hydrogens (tertiary/aromatic N) is 1. The number of anilines is 1. The number of hydrogen-bond donors (Lipinski definition) is 5. The van der Waals surface area contributed by atoms with Crippen molar-refractivity contribution in [2.75, 3.05) is 31.6 Å². The van der Waals surface area contributed by atoms with Gasteiger partial charge in [0.1, 0.15) is 12.5 Å². The zero-order valence-electron chi connectivity index (χ0n) is 14.4. The third kappa shape index (κ3) is 3.57. The summed E-state index contributed by atoms with van der Waals surface area (Å²) in [6.07, 6.45) is -1.33. The molecule has 9 heteroatoms. The molecule has 1 saturated heterocycles. The highest BCUT2D eigenvalue weighted by Crippen LogP contribution is 2.33. The Morgan fingerprint density at radius 1 is 1.23 bits per heavy atom. The monoisotopic (exact) mass is 364 g/mol. The molecule has 26 heavy (non-hydrogen) atoms. The minimum atomic E-state index is -1.16. The molecule has 1 aromatic rings. The highest BCUT2D eigenvalue weighted by atomic mass is 16.5. The first-order chi connectivity index (χ1) is 12.5. The van der Waals surface area contributed by atoms with E-state index in [1.165, 1.54) is 0 Å². The van der Waals surface area contributed by atoms with Crippen LogP contribution in [0.3, 0.4) is 0 Å². The van der Waals surface area contributed by atoms with Crippen LogP contribution in [0.2, 0.25) is 0 Å². The predicted octanol–water partition coefficient (Wildman–Crippen LogP) is -0.941. The Morgan fingerprint density at radius 3 is 2.77 bits per heavy atom. The average molecular weight is 364 g/mol. The molecule has 2 aliphatic heterocycles. The summed E-state index contributed by atoms with van der Waals surface area (Å²) >= 11 is 0. The van der Waals surface area contributed by atoms with Crippen LogP contribution in [0.15, 0.2) is 18.2 Å². The number of fused-ring (bicyclic) bond motifs is 1. The average Bonchev–Trinajstić information content (AvgIpc) is 2.87. The quantitative estimate of drug-likeness (QED) is 0.309. The van der Waals surface area contributed by atoms with E-state index in [-0.39, 0.29) is 0 Å². The van der Waals surface area contributed by atoms with E-state index in [1.807, 2.05) is 0 Å². The normalized spacial score (nSPS) is 25.5. The molecular weight excluding hydrogens is 340 g/mol. The molecule has 3 atom stereocenters. The van der Waals surface area contributed by atoms with E-state index in [0.29, 0.717) is 56.0 Å². The number of aliphatic hydroxyl groups is 2. The molecule has 0 aromatic heterocycles. The van der Waals surface area contributed by atoms with E-state index in [0.717, 1.165) is 4.90 Å². The first kappa shape index (κ1) is 18.7. The summed E-state index contributed by atoms with van der Waals surface area (Å²) in [6.45, 7) is 1.79. The molecule has 142 valence electrons. The Morgan fingerprint density at radius 2 is 2.04 bits per heavy atom. The fraction of sp³-hybridized carbons (Fsp3) is 0.529. The number of rotatable bonds is 7. The molecule has 3 rings (SSSR count). The van der Waals surface area contributed by atoms with Crippen molar-refractivity contribution in [2.45, 2.75) is 31.3 Å². The van der Waals surface area contributed by atoms with Gasteiger partial charge in [0.05, 0.1) is 30.4 Å². The number of carbonyl (C=O) groups is 2. The van der Waals surface area contributed by atoms with Crippen molar-refractivity contribution in [3.05, 3.63) is 29.3 Å². The number of benzene rings is 1. The van der Waals surface area contributed by atoms with Crippen molar-refractivity contribution in [3.63, 3.8) is 0 Å². The Kier molecular flexibility index (Phi) is 5.84. The van der Waals surface area contributed by atoms with Crippen LogP contribution in [0.4, 0.5) is 5.69 Å². The Bertz CT molecular complexity index is 683. The van der Waals surface area contributed by atoms with Gasteiger partial charge < -0.3 is 26.0 Å². The van der Waals surface area contributed by atoms with E-state index < -0.39 is 30.3 Å². The number of carbonyl (C=O) groups excluding carboxylic acids is 2. The lowest BCUT2D eigenvalue weighted by atomic mass is 10.0. The summed E-state index contributed by atoms with van der Waals surface area (Å²) < 4.78 is 5.30. The molecule has 0 spiro atoms. The highest BCUT2D eigenvalue weighted by Gasteiger charge is 2.45. The number of amides is 2. The fourth-order valence-electron chi connectivity index (χ4n) is 3.34. The van der Waals surface area contributed by atoms with Crippen LogP contribution in [0, 0.1) is 0 Å². The summed E-state index contributed by atoms with van der Waals surface area (Å²) in [5.74, 6) is -0.881. The maximum Gasteiger partial charge on any atom is 0.264 e. The summed E-state index contributed by atoms with van der Waals surface area (Å²) in [5.41, 5.74) is 6.52. The molecule has 3 unspecified atom stereocenters. The summed E-state index contributed by atoms with van der Waals surface area (Å²) in [7, 11) is 0. The molecule has 1 fully saturated rings. The second-order valence-electron chi connectivity index (χ2n) is 6.31. The van der Waals surface area contributed by atoms with Gasteiger partial charge in [-0.1, -0.05) is 6.07 Å². The van der Waals surface area contributed by atoms with Crippen LogP contribution < -0.4 is 16.4 Å². The van der Waals surface area contributed by atoms with Gasteiger partial charge in [0.25, 0.3) is 11.8 Å². The van der Waals surface area contributed by atoms with Gasteiger partial charge in [0, 0.05) is 18.8 Å². The van der Waals surface area contributed by atoms with Gasteiger partial charge in [-0.25, -0.2) is 0 Å². The van der Waals surface area contributed by atoms with Crippen molar-refractivity contribution >= 4 is 17.5 Å². The van der Waals surface area contributed by atoms with Crippen LogP contribution in [-0.2, 0) is 4.74 Å². The molecule has 2 aliphatic rings. The zero-order chi connectivity index (χ0) is 18.7. The molecule has 0 aliphatic carbocycles. The Labute approximate surface area is 151 Å². The second kappa shape index (κ2) is 8.11. The summed E-state index contributed by atoms with van der Waals surface area (Å²) in [6, 6.07) is 4.32. The molecule has 1 aromatic carbocycles. The lowest BCUT2D eigenvalue weighted by Gasteiger charge is -2.36. The van der Waals surface area contributed by atoms with Gasteiger partial charge in [-0.15, -0.1) is 0 Å². The second-order valence-corrected chi connectivity index (χ2v) is 6.31. The predicted molar refractivity (Wildman–Crippen MR) is 93.5 cm³/mol. The number of piperidine rings is 1. The highest BCUT2D eigenvalue weighted by molar-refractivity contribution is 6.24. The molecule has 0 bridgehead atoms. The summed E-state index contributed by atoms with van der Waals surface area (Å²) in [5, 5.41) is 25.4. The smallest absolute Gasteiger partial charge is 0.264 e. The SMILES string of the molecule is NCCOCCNc1cccc2c1C(=O)N(C1CCC(O)NC1O)C2=O. The lowest BCUT2D eigenvalue weighted by Crippen LogP contribution is -2.58. The van der Waals surface area contributed by atoms with Gasteiger partial charge in [0.15, 0.2) is 0 Å². The maximum absolute atomic E-state index is 12.9. The Balaban J connectivity index is 1.76. The third-order valence-corrected chi connectivity index (χ3v) is 4.57. The molecular formula is C17H24N4O5. The van der Waals surface area contributed by atoms with E-state index in [4.69, 9.17) is 10.5 Å². The number of nitrogens with one attached hydrogen (secondary N) is 2. The van der Waals surface area contributed by atoms with Gasteiger partial charge >= 0.3 is 0 Å². The van der Waals surface area contributed by atoms with Crippen LogP contribution in [-0.4, -0.2) is 71.7 Å². The van der Waals surface area contributed by atoms with Crippen molar-refractivity contribution in [1.82, 2.24) is 10.2 Å². The number of aliphatic hydroxyl groups excluding tert-OH is 2. The molecule has 6 N–H and O–H groups in total. The van der Waals surface area contributed by atoms with Gasteiger partial charge in [0.2, 0.25) is 0 Å². The zero-order valence-corrected chi connectivity index (χ0v) is 14.4. The van der Waals surface area contributed by atoms with Gasteiger partial charge in [-0.2, -0.15) is 0 Å². The number of imide groups is 1. The van der Waals surface area contributed by atoms with Crippen LogP contribution >= 0.6 is 0 Å². The standard InChI is InChI=1S/C17H24N4O5/c18-6-8-26-9-7-19-11-3-1-2-10-14(11)17(25)21(16(10)24)12-4-5-13(22)20-15(12)23/h1-3,12-13,15,19-20,22-23H,4-9,18H2. The third-order valence-electron chi connectivity index (χ3n) is 4.57. The largest absolute Gasteiger partial charge is 0.382 e. The molecule has 0 radical (unpaired) electrons. The van der Waals surface area contributed by atoms with Gasteiger partial charge in [-0.05, 0) is 25.0 Å². The molecule has 2 amide bonds. The van der Waals surface area contributed by atoms with Gasteiger partial charge in [-0.3, -0.25) is 19.8 Å². The van der Waals surface area contributed by atoms with Crippen molar-refractivity contribution in [1.29, 1.82) is 0 Å². The molecule has 0 saturated carbocycles. The first-order valence-corrected chi connectivity index (χ1v) is 8.69. The number of ether oxygens (including phenoxy) is 1. The van der Waals surface area contributed by atoms with Crippen molar-refractivity contribution < 1.29 is 24.5 Å². The van der Waals surface area contributed by atoms with Crippen LogP contribution in [0.25, 0.3) is 0 Å². The number of hydrogen-bond acceptors (Lipinski definition) is 8. The van der Waals surface area contributed by atoms with E-state index >= 15 is 0 Å². The van der Waals surface area contributed by atoms with Crippen LogP contribution in [0.5, 0.6) is 0 Å². The molecule has 2 heterocycles. The van der Waals surface area contributed by atoms with Crippen LogP contribution in [0.1, 0.15) is 33.6 Å². The molecule has 9 nitrogen and oxygen atoms in total. The topological polar surface area (TPSA) is 137 Å². The van der Waals surface area contributed by atoms with E-state index in [2.05, 4.69) is 10.6 Å². The minimum Gasteiger partial charge on any atom is -0.382 e. The maximum atomic E-state index is 12.9. The van der Waals surface area contributed by atoms with E-state index in [1.54, 1.807) is 18.2 Å². The fourth-order valence-corrected chi connectivity index (χ4v) is 3.34. The summed E-state index contributed by atoms with van der Waals surface area (Å²) in [4.78, 5) is 26.7. The van der Waals surface area contributed by atoms with E-state index in [9.17, 15) is 19.8 Å². The van der Waals surface area contributed by atoms with Crippen molar-refractivity contribution in [3.8, 4) is 0 Å². The lowest BCUT2D eigenvalue weighted by molar-refractivity contribution is -0.0413. The first-order valence-electron chi connectivity index (χ1n) is 8.69. The Hall–Kier alpha value is -2.04. The van der Waals surface area contributed by atoms with Crippen molar-refractivity contribution in [2.24, 2.45) is 5.73 Å². The minimum absolute atomic E-state index is 0.301. The number of nitrogens with two attached hydrogens (primary N) is 1.